The molecule has 94 valence electrons. The van der Waals surface area contributed by atoms with Gasteiger partial charge in [-0.2, -0.15) is 0 Å². The summed E-state index contributed by atoms with van der Waals surface area (Å²) in [4.78, 5) is 14.5. The highest BCUT2D eigenvalue weighted by Gasteiger charge is 2.50. The Morgan fingerprint density at radius 3 is 3.11 bits per heavy atom. The normalized spacial score (nSPS) is 32.8. The SMILES string of the molecule is O=C1Nc2cccc(Cl)c2N2CC3CCCC3C12. The number of hydrogen-bond donors (Lipinski definition) is 1. The molecule has 18 heavy (non-hydrogen) atoms. The molecule has 1 aromatic rings. The lowest BCUT2D eigenvalue weighted by molar-refractivity contribution is -0.118. The second kappa shape index (κ2) is 3.64. The van der Waals surface area contributed by atoms with E-state index >= 15 is 0 Å². The maximum Gasteiger partial charge on any atom is 0.247 e. The van der Waals surface area contributed by atoms with Crippen molar-refractivity contribution in [3.05, 3.63) is 23.2 Å². The molecule has 4 rings (SSSR count). The topological polar surface area (TPSA) is 32.3 Å². The van der Waals surface area contributed by atoms with Crippen molar-refractivity contribution in [1.29, 1.82) is 0 Å². The lowest BCUT2D eigenvalue weighted by atomic mass is 9.92. The average molecular weight is 263 g/mol. The van der Waals surface area contributed by atoms with Gasteiger partial charge in [-0.1, -0.05) is 24.1 Å². The lowest BCUT2D eigenvalue weighted by Crippen LogP contribution is -2.46. The number of hydrogen-bond acceptors (Lipinski definition) is 2. The maximum atomic E-state index is 12.3. The summed E-state index contributed by atoms with van der Waals surface area (Å²) < 4.78 is 0. The summed E-state index contributed by atoms with van der Waals surface area (Å²) in [5.41, 5.74) is 1.89. The minimum atomic E-state index is 0.00454. The number of carbonyl (C=O) groups is 1. The van der Waals surface area contributed by atoms with Crippen LogP contribution in [-0.4, -0.2) is 18.5 Å². The molecule has 1 aromatic carbocycles. The van der Waals surface area contributed by atoms with Crippen molar-refractivity contribution >= 4 is 28.9 Å². The zero-order chi connectivity index (χ0) is 12.3. The van der Waals surface area contributed by atoms with Gasteiger partial charge in [-0.3, -0.25) is 4.79 Å². The van der Waals surface area contributed by atoms with Crippen LogP contribution in [0.3, 0.4) is 0 Å². The number of benzene rings is 1. The molecule has 0 aromatic heterocycles. The third-order valence-corrected chi connectivity index (χ3v) is 5.00. The number of nitrogens with one attached hydrogen (secondary N) is 1. The van der Waals surface area contributed by atoms with E-state index in [1.165, 1.54) is 19.3 Å². The molecule has 4 heteroatoms. The summed E-state index contributed by atoms with van der Waals surface area (Å²) in [7, 11) is 0. The van der Waals surface area contributed by atoms with Gasteiger partial charge in [-0.05, 0) is 36.8 Å². The Bertz CT molecular complexity index is 531. The molecule has 3 aliphatic rings. The first-order chi connectivity index (χ1) is 8.75. The number of nitrogens with zero attached hydrogens (tertiary/aromatic N) is 1. The van der Waals surface area contributed by atoms with Crippen molar-refractivity contribution in [2.75, 3.05) is 16.8 Å². The third-order valence-electron chi connectivity index (χ3n) is 4.69. The van der Waals surface area contributed by atoms with E-state index in [4.69, 9.17) is 11.6 Å². The minimum absolute atomic E-state index is 0.00454. The molecule has 1 saturated carbocycles. The third kappa shape index (κ3) is 1.28. The van der Waals surface area contributed by atoms with Gasteiger partial charge in [0.25, 0.3) is 0 Å². The molecule has 3 unspecified atom stereocenters. The van der Waals surface area contributed by atoms with E-state index in [2.05, 4.69) is 10.2 Å². The van der Waals surface area contributed by atoms with E-state index in [1.54, 1.807) is 0 Å². The van der Waals surface area contributed by atoms with E-state index < -0.39 is 0 Å². The van der Waals surface area contributed by atoms with Crippen LogP contribution < -0.4 is 10.2 Å². The van der Waals surface area contributed by atoms with Gasteiger partial charge in [0.15, 0.2) is 0 Å². The Kier molecular flexibility index (Phi) is 2.16. The largest absolute Gasteiger partial charge is 0.356 e. The van der Waals surface area contributed by atoms with E-state index in [-0.39, 0.29) is 11.9 Å². The molecular formula is C14H15ClN2O. The fraction of sp³-hybridized carbons (Fsp3) is 0.500. The number of para-hydroxylation sites is 1. The van der Waals surface area contributed by atoms with E-state index in [9.17, 15) is 4.79 Å². The minimum Gasteiger partial charge on any atom is -0.356 e. The van der Waals surface area contributed by atoms with Gasteiger partial charge in [-0.15, -0.1) is 0 Å². The highest BCUT2D eigenvalue weighted by molar-refractivity contribution is 6.34. The van der Waals surface area contributed by atoms with Crippen LogP contribution in [0.25, 0.3) is 0 Å². The monoisotopic (exact) mass is 262 g/mol. The highest BCUT2D eigenvalue weighted by atomic mass is 35.5. The molecule has 2 aliphatic heterocycles. The number of fused-ring (bicyclic) bond motifs is 5. The van der Waals surface area contributed by atoms with Crippen LogP contribution in [0.15, 0.2) is 18.2 Å². The Morgan fingerprint density at radius 1 is 1.33 bits per heavy atom. The van der Waals surface area contributed by atoms with Crippen LogP contribution in [-0.2, 0) is 4.79 Å². The van der Waals surface area contributed by atoms with Crippen molar-refractivity contribution in [2.24, 2.45) is 11.8 Å². The first-order valence-electron chi connectivity index (χ1n) is 6.62. The van der Waals surface area contributed by atoms with Gasteiger partial charge in [0.2, 0.25) is 5.91 Å². The van der Waals surface area contributed by atoms with Crippen LogP contribution in [0.2, 0.25) is 5.02 Å². The highest BCUT2D eigenvalue weighted by Crippen LogP contribution is 2.49. The Morgan fingerprint density at radius 2 is 2.22 bits per heavy atom. The van der Waals surface area contributed by atoms with Gasteiger partial charge in [0.1, 0.15) is 6.04 Å². The number of halogens is 1. The van der Waals surface area contributed by atoms with Gasteiger partial charge >= 0.3 is 0 Å². The average Bonchev–Trinajstić information content (AvgIpc) is 2.88. The summed E-state index contributed by atoms with van der Waals surface area (Å²) >= 11 is 6.32. The first-order valence-corrected chi connectivity index (χ1v) is 6.99. The van der Waals surface area contributed by atoms with Gasteiger partial charge < -0.3 is 10.2 Å². The van der Waals surface area contributed by atoms with Crippen LogP contribution in [0.4, 0.5) is 11.4 Å². The molecular weight excluding hydrogens is 248 g/mol. The number of anilines is 2. The number of carbonyl (C=O) groups excluding carboxylic acids is 1. The van der Waals surface area contributed by atoms with Crippen molar-refractivity contribution in [3.63, 3.8) is 0 Å². The predicted molar refractivity (Wildman–Crippen MR) is 72.0 cm³/mol. The van der Waals surface area contributed by atoms with Gasteiger partial charge in [0.05, 0.1) is 16.4 Å². The summed E-state index contributed by atoms with van der Waals surface area (Å²) in [5.74, 6) is 1.34. The standard InChI is InChI=1S/C14H15ClN2O/c15-10-5-2-6-11-13(10)17-7-8-3-1-4-9(8)12(17)14(18)16-11/h2,5-6,8-9,12H,1,3-4,7H2,(H,16,18). The summed E-state index contributed by atoms with van der Waals surface area (Å²) in [6.45, 7) is 0.986. The Labute approximate surface area is 111 Å². The van der Waals surface area contributed by atoms with Gasteiger partial charge in [-0.25, -0.2) is 0 Å². The summed E-state index contributed by atoms with van der Waals surface area (Å²) in [6.07, 6.45) is 3.70. The van der Waals surface area contributed by atoms with Crippen LogP contribution in [0.5, 0.6) is 0 Å². The summed E-state index contributed by atoms with van der Waals surface area (Å²) in [5, 5.41) is 3.77. The van der Waals surface area contributed by atoms with Crippen molar-refractivity contribution < 1.29 is 4.79 Å². The molecule has 2 heterocycles. The van der Waals surface area contributed by atoms with E-state index in [1.807, 2.05) is 18.2 Å². The molecule has 0 bridgehead atoms. The maximum absolute atomic E-state index is 12.3. The summed E-state index contributed by atoms with van der Waals surface area (Å²) in [6, 6.07) is 5.73. The molecule has 1 N–H and O–H groups in total. The van der Waals surface area contributed by atoms with E-state index in [0.717, 1.165) is 22.9 Å². The zero-order valence-corrected chi connectivity index (χ0v) is 10.8. The van der Waals surface area contributed by atoms with E-state index in [0.29, 0.717) is 11.8 Å². The quantitative estimate of drug-likeness (QED) is 0.780. The smallest absolute Gasteiger partial charge is 0.247 e. The number of amides is 1. The Balaban J connectivity index is 1.84. The molecule has 0 spiro atoms. The predicted octanol–water partition coefficient (Wildman–Crippen LogP) is 2.90. The van der Waals surface area contributed by atoms with Crippen molar-refractivity contribution in [1.82, 2.24) is 0 Å². The molecule has 0 radical (unpaired) electrons. The van der Waals surface area contributed by atoms with Gasteiger partial charge in [0, 0.05) is 6.54 Å². The molecule has 2 fully saturated rings. The first kappa shape index (κ1) is 10.7. The second-order valence-electron chi connectivity index (χ2n) is 5.58. The molecule has 3 nitrogen and oxygen atoms in total. The molecule has 1 saturated heterocycles. The van der Waals surface area contributed by atoms with Crippen molar-refractivity contribution in [2.45, 2.75) is 25.3 Å². The number of rotatable bonds is 0. The molecule has 1 amide bonds. The fourth-order valence-corrected chi connectivity index (χ4v) is 4.27. The zero-order valence-electron chi connectivity index (χ0n) is 10.0. The molecule has 3 atom stereocenters. The fourth-order valence-electron chi connectivity index (χ4n) is 3.99. The Hall–Kier alpha value is -1.22. The second-order valence-corrected chi connectivity index (χ2v) is 5.98. The molecule has 1 aliphatic carbocycles. The van der Waals surface area contributed by atoms with Crippen LogP contribution in [0, 0.1) is 11.8 Å². The lowest BCUT2D eigenvalue weighted by Gasteiger charge is -2.35. The van der Waals surface area contributed by atoms with Crippen LogP contribution in [0.1, 0.15) is 19.3 Å². The van der Waals surface area contributed by atoms with Crippen LogP contribution >= 0.6 is 11.6 Å². The van der Waals surface area contributed by atoms with Crippen molar-refractivity contribution in [3.8, 4) is 0 Å².